The number of nitrogen functional groups attached to an aromatic ring is 1. The van der Waals surface area contributed by atoms with E-state index in [1.54, 1.807) is 18.2 Å². The number of phenolic OH excluding ortho intramolecular Hbond substituents is 1. The number of fused-ring (bicyclic) bond motifs is 1. The van der Waals surface area contributed by atoms with Crippen molar-refractivity contribution < 1.29 is 9.84 Å². The second-order valence-electron chi connectivity index (χ2n) is 4.95. The summed E-state index contributed by atoms with van der Waals surface area (Å²) >= 11 is 0. The predicted octanol–water partition coefficient (Wildman–Crippen LogP) is 3.53. The van der Waals surface area contributed by atoms with Gasteiger partial charge in [-0.05, 0) is 37.3 Å². The molecule has 108 valence electrons. The molecular weight excluding hydrogens is 264 g/mol. The van der Waals surface area contributed by atoms with Gasteiger partial charge in [0.1, 0.15) is 6.61 Å². The van der Waals surface area contributed by atoms with Gasteiger partial charge in [-0.2, -0.15) is 0 Å². The Labute approximate surface area is 123 Å². The Morgan fingerprint density at radius 2 is 1.95 bits per heavy atom. The molecule has 3 N–H and O–H groups in total. The molecule has 0 saturated carbocycles. The zero-order chi connectivity index (χ0) is 14.8. The van der Waals surface area contributed by atoms with E-state index >= 15 is 0 Å². The fraction of sp³-hybridized carbons (Fsp3) is 0.176. The third-order valence-corrected chi connectivity index (χ3v) is 3.57. The molecule has 0 spiro atoms. The van der Waals surface area contributed by atoms with Gasteiger partial charge in [-0.15, -0.1) is 0 Å². The van der Waals surface area contributed by atoms with Crippen LogP contribution in [-0.4, -0.2) is 9.67 Å². The first kappa shape index (κ1) is 13.4. The molecule has 2 aromatic carbocycles. The first-order chi connectivity index (χ1) is 10.2. The van der Waals surface area contributed by atoms with Crippen LogP contribution in [-0.2, 0) is 13.2 Å². The van der Waals surface area contributed by atoms with Crippen molar-refractivity contribution in [3.63, 3.8) is 0 Å². The average Bonchev–Trinajstić information content (AvgIpc) is 2.83. The van der Waals surface area contributed by atoms with E-state index in [0.29, 0.717) is 12.4 Å². The molecule has 0 bridgehead atoms. The molecule has 0 saturated heterocycles. The summed E-state index contributed by atoms with van der Waals surface area (Å²) in [4.78, 5) is 0. The van der Waals surface area contributed by atoms with Crippen molar-refractivity contribution in [3.8, 4) is 11.5 Å². The molecule has 3 rings (SSSR count). The number of ether oxygens (including phenoxy) is 1. The Morgan fingerprint density at radius 1 is 1.14 bits per heavy atom. The van der Waals surface area contributed by atoms with E-state index in [4.69, 9.17) is 10.5 Å². The largest absolute Gasteiger partial charge is 0.504 e. The Kier molecular flexibility index (Phi) is 3.44. The number of benzene rings is 2. The highest BCUT2D eigenvalue weighted by molar-refractivity contribution is 5.84. The normalized spacial score (nSPS) is 10.9. The summed E-state index contributed by atoms with van der Waals surface area (Å²) in [6.45, 7) is 3.33. The van der Waals surface area contributed by atoms with E-state index in [-0.39, 0.29) is 5.75 Å². The van der Waals surface area contributed by atoms with Gasteiger partial charge in [-0.3, -0.25) is 0 Å². The van der Waals surface area contributed by atoms with E-state index in [0.717, 1.165) is 28.8 Å². The van der Waals surface area contributed by atoms with Crippen LogP contribution in [0.4, 0.5) is 5.69 Å². The molecule has 1 aromatic heterocycles. The average molecular weight is 282 g/mol. The van der Waals surface area contributed by atoms with Crippen molar-refractivity contribution in [3.05, 3.63) is 54.2 Å². The van der Waals surface area contributed by atoms with Gasteiger partial charge < -0.3 is 20.1 Å². The smallest absolute Gasteiger partial charge is 0.161 e. The van der Waals surface area contributed by atoms with Gasteiger partial charge in [-0.1, -0.05) is 18.2 Å². The van der Waals surface area contributed by atoms with Crippen LogP contribution < -0.4 is 10.5 Å². The summed E-state index contributed by atoms with van der Waals surface area (Å²) in [6, 6.07) is 15.0. The third-order valence-electron chi connectivity index (χ3n) is 3.57. The topological polar surface area (TPSA) is 60.4 Å². The lowest BCUT2D eigenvalue weighted by Crippen LogP contribution is -2.04. The third kappa shape index (κ3) is 2.52. The van der Waals surface area contributed by atoms with Crippen LogP contribution in [0.1, 0.15) is 12.6 Å². The van der Waals surface area contributed by atoms with Crippen LogP contribution in [0.5, 0.6) is 11.5 Å². The Balaban J connectivity index is 1.92. The van der Waals surface area contributed by atoms with Crippen LogP contribution in [0.15, 0.2) is 48.5 Å². The first-order valence-corrected chi connectivity index (χ1v) is 6.97. The van der Waals surface area contributed by atoms with E-state index in [9.17, 15) is 5.11 Å². The molecule has 0 atom stereocenters. The quantitative estimate of drug-likeness (QED) is 0.720. The maximum atomic E-state index is 9.74. The second-order valence-corrected chi connectivity index (χ2v) is 4.95. The molecule has 0 aliphatic carbocycles. The number of hydrogen-bond donors (Lipinski definition) is 2. The predicted molar refractivity (Wildman–Crippen MR) is 84.5 cm³/mol. The van der Waals surface area contributed by atoms with Crippen molar-refractivity contribution in [2.24, 2.45) is 0 Å². The molecule has 3 aromatic rings. The molecule has 21 heavy (non-hydrogen) atoms. The van der Waals surface area contributed by atoms with Crippen molar-refractivity contribution in [2.45, 2.75) is 20.1 Å². The lowest BCUT2D eigenvalue weighted by Gasteiger charge is -2.10. The minimum absolute atomic E-state index is 0.154. The number of phenols is 1. The maximum absolute atomic E-state index is 9.74. The Bertz CT molecular complexity index is 778. The highest BCUT2D eigenvalue weighted by Crippen LogP contribution is 2.27. The maximum Gasteiger partial charge on any atom is 0.161 e. The number of nitrogens with two attached hydrogens (primary N) is 1. The minimum atomic E-state index is 0.154. The lowest BCUT2D eigenvalue weighted by molar-refractivity contribution is 0.280. The molecule has 4 heteroatoms. The number of aromatic nitrogens is 1. The summed E-state index contributed by atoms with van der Waals surface area (Å²) in [5, 5.41) is 10.9. The number of hydrogen-bond acceptors (Lipinski definition) is 3. The Hall–Kier alpha value is -2.62. The van der Waals surface area contributed by atoms with Crippen LogP contribution >= 0.6 is 0 Å². The molecule has 0 aliphatic heterocycles. The first-order valence-electron chi connectivity index (χ1n) is 6.97. The summed E-state index contributed by atoms with van der Waals surface area (Å²) in [6.07, 6.45) is 0. The van der Waals surface area contributed by atoms with Gasteiger partial charge in [0, 0.05) is 17.6 Å². The molecule has 1 heterocycles. The van der Waals surface area contributed by atoms with Crippen molar-refractivity contribution in [1.29, 1.82) is 0 Å². The zero-order valence-corrected chi connectivity index (χ0v) is 11.9. The molecule has 4 nitrogen and oxygen atoms in total. The summed E-state index contributed by atoms with van der Waals surface area (Å²) < 4.78 is 7.90. The van der Waals surface area contributed by atoms with Gasteiger partial charge in [0.15, 0.2) is 11.5 Å². The monoisotopic (exact) mass is 282 g/mol. The number of nitrogens with zero attached hydrogens (tertiary/aromatic N) is 1. The second kappa shape index (κ2) is 5.40. The van der Waals surface area contributed by atoms with Gasteiger partial charge in [-0.25, -0.2) is 0 Å². The highest BCUT2D eigenvalue weighted by atomic mass is 16.5. The van der Waals surface area contributed by atoms with Crippen LogP contribution in [0.3, 0.4) is 0 Å². The van der Waals surface area contributed by atoms with Crippen molar-refractivity contribution >= 4 is 16.6 Å². The number of aryl methyl sites for hydroxylation is 1. The summed E-state index contributed by atoms with van der Waals surface area (Å²) in [5.41, 5.74) is 8.78. The molecule has 0 radical (unpaired) electrons. The SMILES string of the molecule is CCn1c(COc2ccccc2O)cc2ccc(N)cc21. The number of rotatable bonds is 4. The number of aromatic hydroxyl groups is 1. The molecule has 0 amide bonds. The Morgan fingerprint density at radius 3 is 2.71 bits per heavy atom. The number of anilines is 1. The number of para-hydroxylation sites is 2. The van der Waals surface area contributed by atoms with E-state index < -0.39 is 0 Å². The fourth-order valence-corrected chi connectivity index (χ4v) is 2.55. The molecule has 0 fully saturated rings. The standard InChI is InChI=1S/C17H18N2O2/c1-2-19-14(9-12-7-8-13(18)10-15(12)19)11-21-17-6-4-3-5-16(17)20/h3-10,20H,2,11,18H2,1H3. The molecule has 0 aliphatic rings. The van der Waals surface area contributed by atoms with Crippen molar-refractivity contribution in [2.75, 3.05) is 5.73 Å². The minimum Gasteiger partial charge on any atom is -0.504 e. The van der Waals surface area contributed by atoms with Crippen molar-refractivity contribution in [1.82, 2.24) is 4.57 Å². The van der Waals surface area contributed by atoms with Gasteiger partial charge in [0.05, 0.1) is 11.2 Å². The van der Waals surface area contributed by atoms with E-state index in [2.05, 4.69) is 17.6 Å². The summed E-state index contributed by atoms with van der Waals surface area (Å²) in [7, 11) is 0. The van der Waals surface area contributed by atoms with E-state index in [1.807, 2.05) is 24.3 Å². The van der Waals surface area contributed by atoms with E-state index in [1.165, 1.54) is 0 Å². The van der Waals surface area contributed by atoms with Gasteiger partial charge in [0.25, 0.3) is 0 Å². The lowest BCUT2D eigenvalue weighted by atomic mass is 10.2. The van der Waals surface area contributed by atoms with Crippen LogP contribution in [0.25, 0.3) is 10.9 Å². The zero-order valence-electron chi connectivity index (χ0n) is 11.9. The van der Waals surface area contributed by atoms with Crippen LogP contribution in [0, 0.1) is 0 Å². The summed E-state index contributed by atoms with van der Waals surface area (Å²) in [5.74, 6) is 0.644. The molecule has 0 unspecified atom stereocenters. The van der Waals surface area contributed by atoms with Gasteiger partial charge in [0.2, 0.25) is 0 Å². The fourth-order valence-electron chi connectivity index (χ4n) is 2.55. The van der Waals surface area contributed by atoms with Gasteiger partial charge >= 0.3 is 0 Å². The van der Waals surface area contributed by atoms with Crippen LogP contribution in [0.2, 0.25) is 0 Å². The highest BCUT2D eigenvalue weighted by Gasteiger charge is 2.09. The molecular formula is C17H18N2O2.